The van der Waals surface area contributed by atoms with E-state index in [0.717, 1.165) is 11.3 Å². The zero-order valence-electron chi connectivity index (χ0n) is 11.3. The zero-order chi connectivity index (χ0) is 14.8. The van der Waals surface area contributed by atoms with Crippen molar-refractivity contribution in [1.82, 2.24) is 5.32 Å². The Morgan fingerprint density at radius 3 is 2.90 bits per heavy atom. The van der Waals surface area contributed by atoms with Crippen molar-refractivity contribution in [3.8, 4) is 5.75 Å². The molecule has 3 N–H and O–H groups in total. The Hall–Kier alpha value is -2.56. The van der Waals surface area contributed by atoms with E-state index in [1.165, 1.54) is 18.2 Å². The van der Waals surface area contributed by atoms with Gasteiger partial charge in [0.25, 0.3) is 5.91 Å². The molecule has 1 unspecified atom stereocenters. The molecule has 0 radical (unpaired) electrons. The van der Waals surface area contributed by atoms with Gasteiger partial charge in [-0.3, -0.25) is 4.79 Å². The number of halogens is 1. The highest BCUT2D eigenvalue weighted by atomic mass is 19.1. The lowest BCUT2D eigenvalue weighted by Gasteiger charge is -2.26. The molecule has 108 valence electrons. The summed E-state index contributed by atoms with van der Waals surface area (Å²) in [7, 11) is 0. The van der Waals surface area contributed by atoms with Crippen LogP contribution in [0.2, 0.25) is 0 Å². The number of amides is 1. The number of carbonyl (C=O) groups excluding carboxylic acids is 1. The van der Waals surface area contributed by atoms with E-state index in [0.29, 0.717) is 18.6 Å². The molecule has 0 aromatic heterocycles. The molecule has 1 heterocycles. The second-order valence-corrected chi connectivity index (χ2v) is 4.94. The van der Waals surface area contributed by atoms with Crippen LogP contribution in [0.5, 0.6) is 5.75 Å². The van der Waals surface area contributed by atoms with Crippen LogP contribution in [0.4, 0.5) is 10.1 Å². The first-order valence-corrected chi connectivity index (χ1v) is 6.73. The Kier molecular flexibility index (Phi) is 3.48. The molecule has 0 bridgehead atoms. The van der Waals surface area contributed by atoms with Crippen LogP contribution in [0.3, 0.4) is 0 Å². The minimum absolute atomic E-state index is 0.0324. The van der Waals surface area contributed by atoms with Crippen molar-refractivity contribution in [3.05, 3.63) is 59.4 Å². The highest BCUT2D eigenvalue weighted by Crippen LogP contribution is 2.31. The summed E-state index contributed by atoms with van der Waals surface area (Å²) in [6.07, 6.45) is 0.694. The first-order valence-electron chi connectivity index (χ1n) is 6.73. The lowest BCUT2D eigenvalue weighted by Crippen LogP contribution is -2.32. The number of benzene rings is 2. The van der Waals surface area contributed by atoms with Gasteiger partial charge in [-0.1, -0.05) is 18.2 Å². The SMILES string of the molecule is Nc1cc(C(=O)NC2CCOc3ccccc32)ccc1F. The van der Waals surface area contributed by atoms with E-state index in [1.807, 2.05) is 24.3 Å². The summed E-state index contributed by atoms with van der Waals surface area (Å²) in [5.74, 6) is -0.0148. The fourth-order valence-electron chi connectivity index (χ4n) is 2.42. The summed E-state index contributed by atoms with van der Waals surface area (Å²) in [5.41, 5.74) is 6.76. The minimum Gasteiger partial charge on any atom is -0.493 e. The van der Waals surface area contributed by atoms with Gasteiger partial charge < -0.3 is 15.8 Å². The molecule has 5 heteroatoms. The van der Waals surface area contributed by atoms with Crippen molar-refractivity contribution in [2.45, 2.75) is 12.5 Å². The molecular weight excluding hydrogens is 271 g/mol. The van der Waals surface area contributed by atoms with Gasteiger partial charge in [-0.05, 0) is 24.3 Å². The Morgan fingerprint density at radius 2 is 2.10 bits per heavy atom. The highest BCUT2D eigenvalue weighted by Gasteiger charge is 2.23. The van der Waals surface area contributed by atoms with Crippen LogP contribution >= 0.6 is 0 Å². The first kappa shape index (κ1) is 13.4. The van der Waals surface area contributed by atoms with E-state index in [1.54, 1.807) is 0 Å². The molecule has 2 aromatic carbocycles. The smallest absolute Gasteiger partial charge is 0.251 e. The number of nitrogen functional groups attached to an aromatic ring is 1. The average molecular weight is 286 g/mol. The second kappa shape index (κ2) is 5.44. The van der Waals surface area contributed by atoms with Crippen molar-refractivity contribution < 1.29 is 13.9 Å². The molecule has 1 amide bonds. The Morgan fingerprint density at radius 1 is 1.29 bits per heavy atom. The number of hydrogen-bond donors (Lipinski definition) is 2. The van der Waals surface area contributed by atoms with Gasteiger partial charge in [0, 0.05) is 17.5 Å². The molecule has 0 spiro atoms. The molecule has 0 fully saturated rings. The van der Waals surface area contributed by atoms with E-state index < -0.39 is 5.82 Å². The van der Waals surface area contributed by atoms with E-state index in [4.69, 9.17) is 10.5 Å². The molecule has 21 heavy (non-hydrogen) atoms. The van der Waals surface area contributed by atoms with Crippen molar-refractivity contribution >= 4 is 11.6 Å². The summed E-state index contributed by atoms with van der Waals surface area (Å²) in [5, 5.41) is 2.94. The maximum atomic E-state index is 13.1. The lowest BCUT2D eigenvalue weighted by atomic mass is 10.00. The predicted molar refractivity (Wildman–Crippen MR) is 77.6 cm³/mol. The first-order chi connectivity index (χ1) is 10.1. The van der Waals surface area contributed by atoms with Crippen molar-refractivity contribution in [3.63, 3.8) is 0 Å². The molecule has 0 saturated carbocycles. The molecule has 2 aromatic rings. The van der Waals surface area contributed by atoms with Crippen molar-refractivity contribution in [1.29, 1.82) is 0 Å². The summed E-state index contributed by atoms with van der Waals surface area (Å²) in [6, 6.07) is 11.5. The molecular formula is C16H15FN2O2. The predicted octanol–water partition coefficient (Wildman–Crippen LogP) is 2.66. The van der Waals surface area contributed by atoms with Crippen LogP contribution in [0.25, 0.3) is 0 Å². The third-order valence-corrected chi connectivity index (χ3v) is 3.52. The third kappa shape index (κ3) is 2.67. The maximum absolute atomic E-state index is 13.1. The Balaban J connectivity index is 1.81. The molecule has 1 atom stereocenters. The van der Waals surface area contributed by atoms with Gasteiger partial charge in [-0.25, -0.2) is 4.39 Å². The van der Waals surface area contributed by atoms with Gasteiger partial charge in [-0.2, -0.15) is 0 Å². The molecule has 1 aliphatic rings. The summed E-state index contributed by atoms with van der Waals surface area (Å²) in [6.45, 7) is 0.549. The Bertz CT molecular complexity index is 688. The quantitative estimate of drug-likeness (QED) is 0.834. The maximum Gasteiger partial charge on any atom is 0.251 e. The van der Waals surface area contributed by atoms with Crippen LogP contribution < -0.4 is 15.8 Å². The summed E-state index contributed by atoms with van der Waals surface area (Å²) < 4.78 is 18.7. The number of para-hydroxylation sites is 1. The van der Waals surface area contributed by atoms with Gasteiger partial charge in [0.2, 0.25) is 0 Å². The molecule has 1 aliphatic heterocycles. The third-order valence-electron chi connectivity index (χ3n) is 3.52. The summed E-state index contributed by atoms with van der Waals surface area (Å²) in [4.78, 5) is 12.3. The fourth-order valence-corrected chi connectivity index (χ4v) is 2.42. The van der Waals surface area contributed by atoms with Crippen LogP contribution in [-0.4, -0.2) is 12.5 Å². The van der Waals surface area contributed by atoms with E-state index in [2.05, 4.69) is 5.32 Å². The molecule has 0 saturated heterocycles. The monoisotopic (exact) mass is 286 g/mol. The minimum atomic E-state index is -0.525. The fraction of sp³-hybridized carbons (Fsp3) is 0.188. The number of fused-ring (bicyclic) bond motifs is 1. The number of carbonyl (C=O) groups is 1. The number of anilines is 1. The van der Waals surface area contributed by atoms with E-state index in [9.17, 15) is 9.18 Å². The van der Waals surface area contributed by atoms with E-state index >= 15 is 0 Å². The van der Waals surface area contributed by atoms with Crippen molar-refractivity contribution in [2.24, 2.45) is 0 Å². The van der Waals surface area contributed by atoms with Gasteiger partial charge >= 0.3 is 0 Å². The number of ether oxygens (including phenoxy) is 1. The van der Waals surface area contributed by atoms with Crippen LogP contribution in [-0.2, 0) is 0 Å². The average Bonchev–Trinajstić information content (AvgIpc) is 2.50. The van der Waals surface area contributed by atoms with Crippen LogP contribution in [0.1, 0.15) is 28.4 Å². The molecule has 3 rings (SSSR count). The number of nitrogens with one attached hydrogen (secondary N) is 1. The van der Waals surface area contributed by atoms with Gasteiger partial charge in [0.05, 0.1) is 18.3 Å². The largest absolute Gasteiger partial charge is 0.493 e. The number of nitrogens with two attached hydrogens (primary N) is 1. The standard InChI is InChI=1S/C16H15FN2O2/c17-12-6-5-10(9-13(12)18)16(20)19-14-7-8-21-15-4-2-1-3-11(14)15/h1-6,9,14H,7-8,18H2,(H,19,20). The highest BCUT2D eigenvalue weighted by molar-refractivity contribution is 5.95. The molecule has 4 nitrogen and oxygen atoms in total. The van der Waals surface area contributed by atoms with Crippen LogP contribution in [0.15, 0.2) is 42.5 Å². The van der Waals surface area contributed by atoms with Gasteiger partial charge in [-0.15, -0.1) is 0 Å². The van der Waals surface area contributed by atoms with Gasteiger partial charge in [0.1, 0.15) is 11.6 Å². The summed E-state index contributed by atoms with van der Waals surface area (Å²) >= 11 is 0. The van der Waals surface area contributed by atoms with Crippen LogP contribution in [0, 0.1) is 5.82 Å². The van der Waals surface area contributed by atoms with E-state index in [-0.39, 0.29) is 17.6 Å². The zero-order valence-corrected chi connectivity index (χ0v) is 11.3. The molecule has 0 aliphatic carbocycles. The Labute approximate surface area is 121 Å². The number of rotatable bonds is 2. The van der Waals surface area contributed by atoms with Gasteiger partial charge in [0.15, 0.2) is 0 Å². The second-order valence-electron chi connectivity index (χ2n) is 4.94. The normalized spacial score (nSPS) is 16.7. The van der Waals surface area contributed by atoms with Crippen molar-refractivity contribution in [2.75, 3.05) is 12.3 Å². The number of hydrogen-bond acceptors (Lipinski definition) is 3. The lowest BCUT2D eigenvalue weighted by molar-refractivity contribution is 0.0925. The topological polar surface area (TPSA) is 64.4 Å².